The Morgan fingerprint density at radius 2 is 1.53 bits per heavy atom. The summed E-state index contributed by atoms with van der Waals surface area (Å²) in [7, 11) is 0. The monoisotopic (exact) mass is 406 g/mol. The van der Waals surface area contributed by atoms with Crippen LogP contribution in [0.3, 0.4) is 0 Å². The van der Waals surface area contributed by atoms with Crippen LogP contribution in [0.25, 0.3) is 21.8 Å². The molecule has 1 aromatic heterocycles. The number of rotatable bonds is 5. The van der Waals surface area contributed by atoms with Gasteiger partial charge in [0.25, 0.3) is 0 Å². The molecule has 0 aliphatic heterocycles. The van der Waals surface area contributed by atoms with Gasteiger partial charge in [0.05, 0.1) is 17.6 Å². The molecule has 1 aliphatic rings. The molecule has 4 rings (SSSR count). The number of carbonyl (C=O) groups is 2. The molecule has 0 saturated heterocycles. The number of fused-ring (bicyclic) bond motifs is 2. The van der Waals surface area contributed by atoms with E-state index in [2.05, 4.69) is 5.32 Å². The highest BCUT2D eigenvalue weighted by Gasteiger charge is 2.42. The average molecular weight is 406 g/mol. The molecular formula is C24H26N2O4. The van der Waals surface area contributed by atoms with Gasteiger partial charge >= 0.3 is 5.97 Å². The summed E-state index contributed by atoms with van der Waals surface area (Å²) in [6.07, 6.45) is 3.98. The first-order chi connectivity index (χ1) is 14.6. The second kappa shape index (κ2) is 8.30. The van der Waals surface area contributed by atoms with Gasteiger partial charge in [0.2, 0.25) is 5.91 Å². The smallest absolute Gasteiger partial charge is 0.331 e. The van der Waals surface area contributed by atoms with E-state index in [0.29, 0.717) is 34.6 Å². The number of aromatic nitrogens is 1. The van der Waals surface area contributed by atoms with Gasteiger partial charge in [-0.05, 0) is 44.0 Å². The van der Waals surface area contributed by atoms with Crippen molar-refractivity contribution in [2.45, 2.75) is 51.1 Å². The van der Waals surface area contributed by atoms with Crippen LogP contribution in [0.5, 0.6) is 0 Å². The minimum absolute atomic E-state index is 0.0163. The molecule has 0 radical (unpaired) electrons. The summed E-state index contributed by atoms with van der Waals surface area (Å²) >= 11 is 0. The van der Waals surface area contributed by atoms with E-state index in [1.165, 1.54) is 0 Å². The van der Waals surface area contributed by atoms with Crippen LogP contribution in [0, 0.1) is 0 Å². The molecule has 1 heterocycles. The molecule has 1 saturated carbocycles. The normalized spacial score (nSPS) is 15.8. The number of esters is 1. The number of pyridine rings is 1. The second-order valence-electron chi connectivity index (χ2n) is 7.86. The maximum atomic E-state index is 13.1. The molecule has 6 heteroatoms. The van der Waals surface area contributed by atoms with Crippen LogP contribution in [-0.4, -0.2) is 28.6 Å². The standard InChI is InChI=1S/C24H26N2O4/c1-2-30-23(29)24(14-8-3-9-15-24)25-21(27)16-26-19-12-6-4-10-17(19)22(28)18-11-5-7-13-20(18)26/h4-7,10-13H,2-3,8-9,14-16H2,1H3,(H,25,27). The molecule has 0 spiro atoms. The van der Waals surface area contributed by atoms with Crippen LogP contribution in [0.2, 0.25) is 0 Å². The molecule has 1 amide bonds. The first kappa shape index (κ1) is 20.1. The minimum Gasteiger partial charge on any atom is -0.464 e. The van der Waals surface area contributed by atoms with Crippen LogP contribution in [0.4, 0.5) is 0 Å². The molecular weight excluding hydrogens is 380 g/mol. The van der Waals surface area contributed by atoms with Crippen molar-refractivity contribution < 1.29 is 14.3 Å². The Balaban J connectivity index is 1.73. The van der Waals surface area contributed by atoms with Crippen LogP contribution in [0.1, 0.15) is 39.0 Å². The first-order valence-electron chi connectivity index (χ1n) is 10.5. The Bertz CT molecular complexity index is 1100. The molecule has 6 nitrogen and oxygen atoms in total. The molecule has 1 aliphatic carbocycles. The molecule has 1 fully saturated rings. The van der Waals surface area contributed by atoms with E-state index in [9.17, 15) is 14.4 Å². The van der Waals surface area contributed by atoms with Crippen molar-refractivity contribution in [2.75, 3.05) is 6.61 Å². The van der Waals surface area contributed by atoms with Crippen molar-refractivity contribution >= 4 is 33.7 Å². The SMILES string of the molecule is CCOC(=O)C1(NC(=O)Cn2c3ccccc3c(=O)c3ccccc32)CCCCC1. The quantitative estimate of drug-likeness (QED) is 0.519. The van der Waals surface area contributed by atoms with Gasteiger partial charge in [-0.25, -0.2) is 4.79 Å². The van der Waals surface area contributed by atoms with Crippen molar-refractivity contribution in [3.63, 3.8) is 0 Å². The number of benzene rings is 2. The van der Waals surface area contributed by atoms with E-state index in [-0.39, 0.29) is 30.5 Å². The van der Waals surface area contributed by atoms with Gasteiger partial charge in [-0.15, -0.1) is 0 Å². The highest BCUT2D eigenvalue weighted by molar-refractivity contribution is 5.95. The number of ether oxygens (including phenoxy) is 1. The fourth-order valence-corrected chi connectivity index (χ4v) is 4.50. The number of nitrogens with one attached hydrogen (secondary N) is 1. The number of hydrogen-bond acceptors (Lipinski definition) is 4. The highest BCUT2D eigenvalue weighted by Crippen LogP contribution is 2.30. The van der Waals surface area contributed by atoms with Crippen molar-refractivity contribution in [1.82, 2.24) is 9.88 Å². The number of nitrogens with zero attached hydrogens (tertiary/aromatic N) is 1. The molecule has 0 atom stereocenters. The number of carbonyl (C=O) groups excluding carboxylic acids is 2. The van der Waals surface area contributed by atoms with Crippen LogP contribution in [-0.2, 0) is 20.9 Å². The topological polar surface area (TPSA) is 77.4 Å². The minimum atomic E-state index is -0.962. The average Bonchev–Trinajstić information content (AvgIpc) is 2.77. The van der Waals surface area contributed by atoms with Crippen molar-refractivity contribution in [3.8, 4) is 0 Å². The van der Waals surface area contributed by atoms with Gasteiger partial charge in [-0.2, -0.15) is 0 Å². The molecule has 0 bridgehead atoms. The van der Waals surface area contributed by atoms with E-state index in [1.807, 2.05) is 41.0 Å². The maximum Gasteiger partial charge on any atom is 0.331 e. The largest absolute Gasteiger partial charge is 0.464 e. The van der Waals surface area contributed by atoms with Crippen molar-refractivity contribution in [2.24, 2.45) is 0 Å². The van der Waals surface area contributed by atoms with Gasteiger partial charge in [0, 0.05) is 10.8 Å². The summed E-state index contributed by atoms with van der Waals surface area (Å²) in [5.74, 6) is -0.614. The zero-order valence-electron chi connectivity index (χ0n) is 17.1. The van der Waals surface area contributed by atoms with Gasteiger partial charge in [-0.3, -0.25) is 9.59 Å². The van der Waals surface area contributed by atoms with Crippen LogP contribution >= 0.6 is 0 Å². The molecule has 30 heavy (non-hydrogen) atoms. The summed E-state index contributed by atoms with van der Waals surface area (Å²) in [5, 5.41) is 4.14. The number of amides is 1. The lowest BCUT2D eigenvalue weighted by Gasteiger charge is -2.35. The van der Waals surface area contributed by atoms with E-state index < -0.39 is 5.54 Å². The zero-order chi connectivity index (χ0) is 21.1. The summed E-state index contributed by atoms with van der Waals surface area (Å²) in [4.78, 5) is 38.7. The van der Waals surface area contributed by atoms with Crippen LogP contribution in [0.15, 0.2) is 53.3 Å². The first-order valence-corrected chi connectivity index (χ1v) is 10.5. The Morgan fingerprint density at radius 1 is 0.967 bits per heavy atom. The lowest BCUT2D eigenvalue weighted by molar-refractivity contribution is -0.155. The summed E-state index contributed by atoms with van der Waals surface area (Å²) < 4.78 is 7.14. The van der Waals surface area contributed by atoms with Gasteiger partial charge < -0.3 is 14.6 Å². The lowest BCUT2D eigenvalue weighted by Crippen LogP contribution is -2.57. The molecule has 2 aromatic carbocycles. The third-order valence-corrected chi connectivity index (χ3v) is 5.93. The third-order valence-electron chi connectivity index (χ3n) is 5.93. The molecule has 1 N–H and O–H groups in total. The maximum absolute atomic E-state index is 13.1. The number of para-hydroxylation sites is 2. The Morgan fingerprint density at radius 3 is 2.10 bits per heavy atom. The Kier molecular flexibility index (Phi) is 5.57. The molecule has 3 aromatic rings. The fourth-order valence-electron chi connectivity index (χ4n) is 4.50. The predicted octanol–water partition coefficient (Wildman–Crippen LogP) is 3.54. The predicted molar refractivity (Wildman–Crippen MR) is 116 cm³/mol. The lowest BCUT2D eigenvalue weighted by atomic mass is 9.81. The third kappa shape index (κ3) is 3.58. The molecule has 156 valence electrons. The van der Waals surface area contributed by atoms with E-state index >= 15 is 0 Å². The van der Waals surface area contributed by atoms with Gasteiger partial charge in [-0.1, -0.05) is 43.5 Å². The van der Waals surface area contributed by atoms with E-state index in [0.717, 1.165) is 19.3 Å². The van der Waals surface area contributed by atoms with E-state index in [1.54, 1.807) is 19.1 Å². The van der Waals surface area contributed by atoms with E-state index in [4.69, 9.17) is 4.74 Å². The van der Waals surface area contributed by atoms with Crippen LogP contribution < -0.4 is 10.7 Å². The zero-order valence-corrected chi connectivity index (χ0v) is 17.1. The Hall–Kier alpha value is -3.15. The van der Waals surface area contributed by atoms with Crippen molar-refractivity contribution in [3.05, 3.63) is 58.8 Å². The van der Waals surface area contributed by atoms with Gasteiger partial charge in [0.1, 0.15) is 12.1 Å². The highest BCUT2D eigenvalue weighted by atomic mass is 16.5. The molecule has 0 unspecified atom stereocenters. The summed E-state index contributed by atoms with van der Waals surface area (Å²) in [5.41, 5.74) is 0.388. The summed E-state index contributed by atoms with van der Waals surface area (Å²) in [6, 6.07) is 14.6. The van der Waals surface area contributed by atoms with Gasteiger partial charge in [0.15, 0.2) is 5.43 Å². The fraction of sp³-hybridized carbons (Fsp3) is 0.375. The summed E-state index contributed by atoms with van der Waals surface area (Å²) in [6.45, 7) is 2.07. The second-order valence-corrected chi connectivity index (χ2v) is 7.86. The van der Waals surface area contributed by atoms with Crippen molar-refractivity contribution in [1.29, 1.82) is 0 Å². The Labute approximate surface area is 174 Å². The number of hydrogen-bond donors (Lipinski definition) is 1.